The fraction of sp³-hybridized carbons (Fsp3) is 0.500. The van der Waals surface area contributed by atoms with E-state index in [2.05, 4.69) is 10.2 Å². The van der Waals surface area contributed by atoms with Crippen LogP contribution in [0.15, 0.2) is 18.2 Å². The van der Waals surface area contributed by atoms with E-state index in [1.165, 1.54) is 0 Å². The largest absolute Gasteiger partial charge is 0.399 e. The summed E-state index contributed by atoms with van der Waals surface area (Å²) in [4.78, 5) is 14.3. The Labute approximate surface area is 113 Å². The summed E-state index contributed by atoms with van der Waals surface area (Å²) in [6.07, 6.45) is 0. The highest BCUT2D eigenvalue weighted by Gasteiger charge is 2.12. The van der Waals surface area contributed by atoms with E-state index in [9.17, 15) is 4.79 Å². The monoisotopic (exact) mass is 263 g/mol. The van der Waals surface area contributed by atoms with Gasteiger partial charge in [0.25, 0.3) is 5.91 Å². The van der Waals surface area contributed by atoms with Crippen LogP contribution in [0.3, 0.4) is 0 Å². The van der Waals surface area contributed by atoms with Gasteiger partial charge in [0.2, 0.25) is 0 Å². The van der Waals surface area contributed by atoms with Gasteiger partial charge in [-0.2, -0.15) is 0 Å². The number of hydrogen-bond donors (Lipinski definition) is 2. The standard InChI is InChI=1S/C14H21N3O2/c1-11-10-12(15)2-3-13(11)14(18)16-4-5-17-6-8-19-9-7-17/h2-3,10H,4-9,15H2,1H3,(H,16,18). The molecule has 1 aliphatic rings. The quantitative estimate of drug-likeness (QED) is 0.782. The zero-order chi connectivity index (χ0) is 13.7. The molecule has 1 aromatic carbocycles. The van der Waals surface area contributed by atoms with Crippen LogP contribution in [0.2, 0.25) is 0 Å². The van der Waals surface area contributed by atoms with Crippen molar-refractivity contribution in [1.82, 2.24) is 10.2 Å². The van der Waals surface area contributed by atoms with Gasteiger partial charge in [0, 0.05) is 37.4 Å². The molecule has 0 radical (unpaired) electrons. The molecule has 0 atom stereocenters. The van der Waals surface area contributed by atoms with Crippen LogP contribution < -0.4 is 11.1 Å². The molecule has 0 saturated carbocycles. The maximum atomic E-state index is 12.0. The number of nitrogen functional groups attached to an aromatic ring is 1. The molecule has 0 bridgehead atoms. The molecule has 5 nitrogen and oxygen atoms in total. The summed E-state index contributed by atoms with van der Waals surface area (Å²) in [5, 5.41) is 2.94. The van der Waals surface area contributed by atoms with Gasteiger partial charge in [-0.25, -0.2) is 0 Å². The molecule has 1 saturated heterocycles. The van der Waals surface area contributed by atoms with Gasteiger partial charge in [0.1, 0.15) is 0 Å². The number of hydrogen-bond acceptors (Lipinski definition) is 4. The molecule has 0 aliphatic carbocycles. The van der Waals surface area contributed by atoms with E-state index < -0.39 is 0 Å². The number of nitrogens with zero attached hydrogens (tertiary/aromatic N) is 1. The number of morpholine rings is 1. The molecule has 0 spiro atoms. The van der Waals surface area contributed by atoms with Crippen molar-refractivity contribution in [3.63, 3.8) is 0 Å². The average Bonchev–Trinajstić information content (AvgIpc) is 2.39. The number of amides is 1. The Morgan fingerprint density at radius 3 is 2.84 bits per heavy atom. The first kappa shape index (κ1) is 13.8. The van der Waals surface area contributed by atoms with Crippen LogP contribution in [-0.4, -0.2) is 50.2 Å². The van der Waals surface area contributed by atoms with E-state index in [4.69, 9.17) is 10.5 Å². The predicted octanol–water partition coefficient (Wildman–Crippen LogP) is 0.639. The highest BCUT2D eigenvalue weighted by molar-refractivity contribution is 5.95. The predicted molar refractivity (Wildman–Crippen MR) is 75.2 cm³/mol. The number of nitrogens with one attached hydrogen (secondary N) is 1. The van der Waals surface area contributed by atoms with Gasteiger partial charge in [0.15, 0.2) is 0 Å². The van der Waals surface area contributed by atoms with Crippen molar-refractivity contribution in [3.8, 4) is 0 Å². The Morgan fingerprint density at radius 1 is 1.42 bits per heavy atom. The molecule has 3 N–H and O–H groups in total. The van der Waals surface area contributed by atoms with Crippen molar-refractivity contribution < 1.29 is 9.53 Å². The summed E-state index contributed by atoms with van der Waals surface area (Å²) in [5.41, 5.74) is 7.96. The zero-order valence-electron chi connectivity index (χ0n) is 11.3. The lowest BCUT2D eigenvalue weighted by molar-refractivity contribution is 0.0383. The molecule has 1 fully saturated rings. The average molecular weight is 263 g/mol. The molecule has 0 unspecified atom stereocenters. The number of carbonyl (C=O) groups is 1. The molecule has 1 aliphatic heterocycles. The summed E-state index contributed by atoms with van der Waals surface area (Å²) in [6.45, 7) is 6.86. The van der Waals surface area contributed by atoms with E-state index in [1.807, 2.05) is 13.0 Å². The number of benzene rings is 1. The number of carbonyl (C=O) groups excluding carboxylic acids is 1. The number of aryl methyl sites for hydroxylation is 1. The van der Waals surface area contributed by atoms with Crippen LogP contribution in [0.1, 0.15) is 15.9 Å². The summed E-state index contributed by atoms with van der Waals surface area (Å²) in [5.74, 6) is -0.0363. The molecule has 1 aromatic rings. The van der Waals surface area contributed by atoms with Crippen LogP contribution in [0.5, 0.6) is 0 Å². The van der Waals surface area contributed by atoms with Gasteiger partial charge in [0.05, 0.1) is 13.2 Å². The Balaban J connectivity index is 1.80. The Hall–Kier alpha value is -1.59. The van der Waals surface area contributed by atoms with Crippen LogP contribution in [0.4, 0.5) is 5.69 Å². The minimum atomic E-state index is -0.0363. The second kappa shape index (κ2) is 6.54. The van der Waals surface area contributed by atoms with Crippen molar-refractivity contribution in [3.05, 3.63) is 29.3 Å². The SMILES string of the molecule is Cc1cc(N)ccc1C(=O)NCCN1CCOCC1. The third-order valence-electron chi connectivity index (χ3n) is 3.31. The van der Waals surface area contributed by atoms with Gasteiger partial charge < -0.3 is 15.8 Å². The minimum absolute atomic E-state index is 0.0363. The summed E-state index contributed by atoms with van der Waals surface area (Å²) < 4.78 is 5.28. The van der Waals surface area contributed by atoms with Crippen LogP contribution in [0, 0.1) is 6.92 Å². The lowest BCUT2D eigenvalue weighted by atomic mass is 10.1. The van der Waals surface area contributed by atoms with Crippen molar-refractivity contribution in [2.75, 3.05) is 45.1 Å². The number of rotatable bonds is 4. The van der Waals surface area contributed by atoms with Crippen molar-refractivity contribution >= 4 is 11.6 Å². The van der Waals surface area contributed by atoms with E-state index >= 15 is 0 Å². The Kier molecular flexibility index (Phi) is 4.76. The molecule has 1 amide bonds. The first-order valence-electron chi connectivity index (χ1n) is 6.61. The fourth-order valence-electron chi connectivity index (χ4n) is 2.19. The Morgan fingerprint density at radius 2 is 2.16 bits per heavy atom. The van der Waals surface area contributed by atoms with Crippen molar-refractivity contribution in [2.45, 2.75) is 6.92 Å². The molecule has 2 rings (SSSR count). The fourth-order valence-corrected chi connectivity index (χ4v) is 2.19. The van der Waals surface area contributed by atoms with E-state index in [-0.39, 0.29) is 5.91 Å². The van der Waals surface area contributed by atoms with E-state index in [1.54, 1.807) is 12.1 Å². The second-order valence-electron chi connectivity index (χ2n) is 4.78. The molecule has 1 heterocycles. The van der Waals surface area contributed by atoms with Crippen molar-refractivity contribution in [1.29, 1.82) is 0 Å². The zero-order valence-corrected chi connectivity index (χ0v) is 11.3. The van der Waals surface area contributed by atoms with Gasteiger partial charge in [-0.15, -0.1) is 0 Å². The summed E-state index contributed by atoms with van der Waals surface area (Å²) in [6, 6.07) is 5.34. The van der Waals surface area contributed by atoms with Crippen LogP contribution in [0.25, 0.3) is 0 Å². The van der Waals surface area contributed by atoms with Crippen molar-refractivity contribution in [2.24, 2.45) is 0 Å². The number of nitrogens with two attached hydrogens (primary N) is 1. The molecule has 0 aromatic heterocycles. The van der Waals surface area contributed by atoms with E-state index in [0.717, 1.165) is 38.4 Å². The molecular weight excluding hydrogens is 242 g/mol. The molecule has 5 heteroatoms. The molecule has 104 valence electrons. The first-order chi connectivity index (χ1) is 9.16. The minimum Gasteiger partial charge on any atom is -0.399 e. The second-order valence-corrected chi connectivity index (χ2v) is 4.78. The Bertz CT molecular complexity index is 442. The number of anilines is 1. The molecular formula is C14H21N3O2. The van der Waals surface area contributed by atoms with Gasteiger partial charge in [-0.3, -0.25) is 9.69 Å². The summed E-state index contributed by atoms with van der Waals surface area (Å²) in [7, 11) is 0. The highest BCUT2D eigenvalue weighted by atomic mass is 16.5. The summed E-state index contributed by atoms with van der Waals surface area (Å²) >= 11 is 0. The topological polar surface area (TPSA) is 67.6 Å². The maximum absolute atomic E-state index is 12.0. The van der Waals surface area contributed by atoms with Gasteiger partial charge in [-0.1, -0.05) is 0 Å². The normalized spacial score (nSPS) is 16.3. The lowest BCUT2D eigenvalue weighted by Gasteiger charge is -2.26. The smallest absolute Gasteiger partial charge is 0.251 e. The third-order valence-corrected chi connectivity index (χ3v) is 3.31. The third kappa shape index (κ3) is 3.94. The van der Waals surface area contributed by atoms with Crippen LogP contribution >= 0.6 is 0 Å². The maximum Gasteiger partial charge on any atom is 0.251 e. The number of ether oxygens (including phenoxy) is 1. The highest BCUT2D eigenvalue weighted by Crippen LogP contribution is 2.12. The lowest BCUT2D eigenvalue weighted by Crippen LogP contribution is -2.41. The van der Waals surface area contributed by atoms with Crippen LogP contribution in [-0.2, 0) is 4.74 Å². The van der Waals surface area contributed by atoms with E-state index in [0.29, 0.717) is 17.8 Å². The van der Waals surface area contributed by atoms with Gasteiger partial charge in [-0.05, 0) is 30.7 Å². The molecule has 19 heavy (non-hydrogen) atoms. The first-order valence-corrected chi connectivity index (χ1v) is 6.61. The van der Waals surface area contributed by atoms with Gasteiger partial charge >= 0.3 is 0 Å².